The summed E-state index contributed by atoms with van der Waals surface area (Å²) in [5.74, 6) is -0.571. The van der Waals surface area contributed by atoms with Crippen molar-refractivity contribution < 1.29 is 17.6 Å². The number of carbonyl (C=O) groups excluding carboxylic acids is 1. The van der Waals surface area contributed by atoms with Gasteiger partial charge in [0.25, 0.3) is 0 Å². The Kier molecular flexibility index (Phi) is 6.00. The molecule has 0 spiro atoms. The first kappa shape index (κ1) is 22.7. The number of benzene rings is 2. The number of halogens is 2. The molecular formula is C24H24ClFN2O3S. The molecule has 0 radical (unpaired) electrons. The molecule has 1 aliphatic rings. The lowest BCUT2D eigenvalue weighted by molar-refractivity contribution is 0.0936. The number of nitrogens with two attached hydrogens (primary N) is 1. The van der Waals surface area contributed by atoms with Crippen molar-refractivity contribution >= 4 is 27.4 Å². The van der Waals surface area contributed by atoms with Gasteiger partial charge in [0.2, 0.25) is 10.0 Å². The topological polar surface area (TPSA) is 82.2 Å². The smallest absolute Gasteiger partial charge is 0.240 e. The number of Topliss-reactive ketones (excluding diaryl/α,β-unsaturated/α-hetero) is 1. The van der Waals surface area contributed by atoms with Crippen LogP contribution in [0.3, 0.4) is 0 Å². The first-order valence-electron chi connectivity index (χ1n) is 10.4. The van der Waals surface area contributed by atoms with Gasteiger partial charge in [-0.1, -0.05) is 49.1 Å². The number of aromatic nitrogens is 1. The number of sulfonamides is 1. The maximum atomic E-state index is 14.7. The van der Waals surface area contributed by atoms with Crippen LogP contribution < -0.4 is 5.14 Å². The third-order valence-electron chi connectivity index (χ3n) is 6.24. The molecule has 1 heterocycles. The van der Waals surface area contributed by atoms with Gasteiger partial charge in [-0.15, -0.1) is 0 Å². The first-order valence-corrected chi connectivity index (χ1v) is 12.3. The molecule has 0 aliphatic heterocycles. The van der Waals surface area contributed by atoms with Gasteiger partial charge in [0.15, 0.2) is 5.78 Å². The van der Waals surface area contributed by atoms with Gasteiger partial charge in [-0.3, -0.25) is 4.79 Å². The molecule has 2 aromatic carbocycles. The number of primary sulfonamides is 1. The van der Waals surface area contributed by atoms with Crippen molar-refractivity contribution in [3.8, 4) is 22.5 Å². The highest BCUT2D eigenvalue weighted by molar-refractivity contribution is 7.89. The van der Waals surface area contributed by atoms with Crippen molar-refractivity contribution in [3.63, 3.8) is 0 Å². The zero-order chi connectivity index (χ0) is 23.2. The van der Waals surface area contributed by atoms with E-state index in [1.807, 2.05) is 30.7 Å². The van der Waals surface area contributed by atoms with Crippen LogP contribution in [0.5, 0.6) is 0 Å². The number of carbonyl (C=O) groups is 1. The quantitative estimate of drug-likeness (QED) is 0.480. The summed E-state index contributed by atoms with van der Waals surface area (Å²) in [5, 5.41) is 5.71. The molecule has 1 fully saturated rings. The number of rotatable bonds is 6. The molecule has 3 aromatic rings. The summed E-state index contributed by atoms with van der Waals surface area (Å²) in [7, 11) is -2.37. The third-order valence-corrected chi connectivity index (χ3v) is 7.44. The molecule has 4 rings (SSSR count). The van der Waals surface area contributed by atoms with Crippen LogP contribution in [0.2, 0.25) is 5.02 Å². The number of nitrogens with zero attached hydrogens (tertiary/aromatic N) is 1. The molecule has 1 aromatic heterocycles. The summed E-state index contributed by atoms with van der Waals surface area (Å²) in [4.78, 5) is 12.8. The maximum absolute atomic E-state index is 14.7. The minimum atomic E-state index is -4.19. The lowest BCUT2D eigenvalue weighted by Gasteiger charge is -2.24. The van der Waals surface area contributed by atoms with Gasteiger partial charge in [0.1, 0.15) is 10.7 Å². The maximum Gasteiger partial charge on any atom is 0.240 e. The number of hydrogen-bond donors (Lipinski definition) is 1. The Bertz CT molecular complexity index is 1310. The van der Waals surface area contributed by atoms with Crippen LogP contribution in [-0.2, 0) is 17.1 Å². The normalized spacial score (nSPS) is 14.4. The molecule has 2 N–H and O–H groups in total. The highest BCUT2D eigenvalue weighted by atomic mass is 35.5. The van der Waals surface area contributed by atoms with Crippen LogP contribution in [0.25, 0.3) is 22.5 Å². The van der Waals surface area contributed by atoms with E-state index in [2.05, 4.69) is 0 Å². The fourth-order valence-electron chi connectivity index (χ4n) is 4.46. The van der Waals surface area contributed by atoms with E-state index >= 15 is 0 Å². The van der Waals surface area contributed by atoms with Gasteiger partial charge in [0.05, 0.1) is 11.4 Å². The van der Waals surface area contributed by atoms with E-state index in [-0.39, 0.29) is 5.78 Å². The number of hydrogen-bond acceptors (Lipinski definition) is 3. The zero-order valence-corrected chi connectivity index (χ0v) is 19.4. The molecule has 8 heteroatoms. The second-order valence-electron chi connectivity index (χ2n) is 8.38. The van der Waals surface area contributed by atoms with E-state index in [0.717, 1.165) is 48.2 Å². The van der Waals surface area contributed by atoms with Crippen LogP contribution in [0, 0.1) is 18.7 Å². The second-order valence-corrected chi connectivity index (χ2v) is 10.3. The van der Waals surface area contributed by atoms with E-state index in [0.29, 0.717) is 34.2 Å². The highest BCUT2D eigenvalue weighted by Crippen LogP contribution is 2.40. The van der Waals surface area contributed by atoms with Gasteiger partial charge < -0.3 is 4.57 Å². The Morgan fingerprint density at radius 3 is 2.28 bits per heavy atom. The molecule has 1 saturated carbocycles. The lowest BCUT2D eigenvalue weighted by atomic mass is 9.80. The zero-order valence-electron chi connectivity index (χ0n) is 17.9. The standard InChI is InChI=1S/C24H24ClFN2O3S/c1-14-22(20(29)12-15-4-3-5-15)24(17-8-11-21(19(26)13-17)32(27,30)31)28(2)23(14)16-6-9-18(25)10-7-16/h6-11,13,15H,3-5,12H2,1-2H3,(H2,27,30,31). The van der Waals surface area contributed by atoms with E-state index < -0.39 is 20.7 Å². The van der Waals surface area contributed by atoms with Crippen molar-refractivity contribution in [2.24, 2.45) is 18.1 Å². The molecule has 0 bridgehead atoms. The largest absolute Gasteiger partial charge is 0.343 e. The van der Waals surface area contributed by atoms with Crippen molar-refractivity contribution in [1.29, 1.82) is 0 Å². The molecule has 5 nitrogen and oxygen atoms in total. The Labute approximate surface area is 192 Å². The van der Waals surface area contributed by atoms with Crippen LogP contribution in [0.1, 0.15) is 41.6 Å². The minimum absolute atomic E-state index is 0.00828. The van der Waals surface area contributed by atoms with Gasteiger partial charge in [-0.05, 0) is 48.2 Å². The molecular weight excluding hydrogens is 451 g/mol. The average Bonchev–Trinajstić information content (AvgIpc) is 2.94. The fourth-order valence-corrected chi connectivity index (χ4v) is 5.18. The highest BCUT2D eigenvalue weighted by Gasteiger charge is 2.29. The van der Waals surface area contributed by atoms with Crippen molar-refractivity contribution in [3.05, 3.63) is 64.4 Å². The summed E-state index contributed by atoms with van der Waals surface area (Å²) < 4.78 is 39.8. The van der Waals surface area contributed by atoms with E-state index in [9.17, 15) is 17.6 Å². The molecule has 168 valence electrons. The third kappa shape index (κ3) is 4.12. The molecule has 1 aliphatic carbocycles. The van der Waals surface area contributed by atoms with Crippen molar-refractivity contribution in [1.82, 2.24) is 4.57 Å². The predicted molar refractivity (Wildman–Crippen MR) is 124 cm³/mol. The van der Waals surface area contributed by atoms with Gasteiger partial charge in [0, 0.05) is 29.6 Å². The Hall–Kier alpha value is -2.48. The molecule has 32 heavy (non-hydrogen) atoms. The summed E-state index contributed by atoms with van der Waals surface area (Å²) in [5.41, 5.74) is 4.00. The van der Waals surface area contributed by atoms with Crippen molar-refractivity contribution in [2.75, 3.05) is 0 Å². The Balaban J connectivity index is 1.92. The van der Waals surface area contributed by atoms with Gasteiger partial charge >= 0.3 is 0 Å². The molecule has 0 saturated heterocycles. The SMILES string of the molecule is Cc1c(C(=O)CC2CCC2)c(-c2ccc(S(N)(=O)=O)c(F)c2)n(C)c1-c1ccc(Cl)cc1. The predicted octanol–water partition coefficient (Wildman–Crippen LogP) is 5.48. The fraction of sp³-hybridized carbons (Fsp3) is 0.292. The Morgan fingerprint density at radius 1 is 1.12 bits per heavy atom. The van der Waals surface area contributed by atoms with Gasteiger partial charge in [-0.25, -0.2) is 17.9 Å². The second kappa shape index (κ2) is 8.46. The first-order chi connectivity index (χ1) is 15.1. The monoisotopic (exact) mass is 474 g/mol. The summed E-state index contributed by atoms with van der Waals surface area (Å²) in [6, 6.07) is 11.1. The van der Waals surface area contributed by atoms with Crippen LogP contribution in [-0.4, -0.2) is 18.8 Å². The molecule has 0 amide bonds. The minimum Gasteiger partial charge on any atom is -0.343 e. The van der Waals surface area contributed by atoms with Gasteiger partial charge in [-0.2, -0.15) is 0 Å². The van der Waals surface area contributed by atoms with Crippen LogP contribution in [0.15, 0.2) is 47.4 Å². The van der Waals surface area contributed by atoms with Crippen LogP contribution >= 0.6 is 11.6 Å². The molecule has 0 atom stereocenters. The van der Waals surface area contributed by atoms with Crippen LogP contribution in [0.4, 0.5) is 4.39 Å². The lowest BCUT2D eigenvalue weighted by Crippen LogP contribution is -2.17. The Morgan fingerprint density at radius 2 is 1.75 bits per heavy atom. The van der Waals surface area contributed by atoms with E-state index in [4.69, 9.17) is 16.7 Å². The summed E-state index contributed by atoms with van der Waals surface area (Å²) >= 11 is 6.05. The van der Waals surface area contributed by atoms with E-state index in [1.54, 1.807) is 12.1 Å². The summed E-state index contributed by atoms with van der Waals surface area (Å²) in [6.07, 6.45) is 3.65. The summed E-state index contributed by atoms with van der Waals surface area (Å²) in [6.45, 7) is 1.89. The van der Waals surface area contributed by atoms with E-state index in [1.165, 1.54) is 6.07 Å². The average molecular weight is 475 g/mol. The van der Waals surface area contributed by atoms with Crippen molar-refractivity contribution in [2.45, 2.75) is 37.5 Å². The number of ketones is 1. The molecule has 0 unspecified atom stereocenters.